The molecule has 20 heavy (non-hydrogen) atoms. The second kappa shape index (κ2) is 7.08. The Balaban J connectivity index is 2.83. The van der Waals surface area contributed by atoms with Crippen molar-refractivity contribution < 1.29 is 14.7 Å². The quantitative estimate of drug-likeness (QED) is 0.805. The van der Waals surface area contributed by atoms with Crippen LogP contribution in [0.2, 0.25) is 0 Å². The number of carboxylic acids is 1. The molecule has 4 heteroatoms. The molecule has 1 rings (SSSR count). The van der Waals surface area contributed by atoms with Gasteiger partial charge >= 0.3 is 5.97 Å². The van der Waals surface area contributed by atoms with E-state index in [0.717, 1.165) is 12.0 Å². The van der Waals surface area contributed by atoms with E-state index in [1.54, 1.807) is 6.07 Å². The molecule has 0 atom stereocenters. The van der Waals surface area contributed by atoms with Gasteiger partial charge in [-0.05, 0) is 30.9 Å². The highest BCUT2D eigenvalue weighted by Gasteiger charge is 2.35. The van der Waals surface area contributed by atoms with E-state index >= 15 is 0 Å². The van der Waals surface area contributed by atoms with Crippen LogP contribution in [-0.4, -0.2) is 23.5 Å². The Hall–Kier alpha value is -1.84. The van der Waals surface area contributed by atoms with Gasteiger partial charge < -0.3 is 10.4 Å². The molecule has 0 saturated carbocycles. The van der Waals surface area contributed by atoms with Crippen LogP contribution in [0.25, 0.3) is 0 Å². The standard InChI is InChI=1S/C16H23NO3/c1-4-12-9-7-8-10-13(12)14(18)17-11-16(5-2,6-3)15(19)20/h7-10H,4-6,11H2,1-3H3,(H,17,18)(H,19,20). The molecule has 4 nitrogen and oxygen atoms in total. The topological polar surface area (TPSA) is 66.4 Å². The maximum absolute atomic E-state index is 12.2. The number of carbonyl (C=O) groups is 2. The minimum atomic E-state index is -0.878. The number of hydrogen-bond acceptors (Lipinski definition) is 2. The molecule has 1 aromatic carbocycles. The predicted octanol–water partition coefficient (Wildman–Crippen LogP) is 2.87. The van der Waals surface area contributed by atoms with Crippen molar-refractivity contribution in [1.29, 1.82) is 0 Å². The van der Waals surface area contributed by atoms with E-state index in [1.165, 1.54) is 0 Å². The first-order valence-corrected chi connectivity index (χ1v) is 7.10. The number of carboxylic acid groups (broad SMARTS) is 1. The summed E-state index contributed by atoms with van der Waals surface area (Å²) in [4.78, 5) is 23.6. The van der Waals surface area contributed by atoms with E-state index in [0.29, 0.717) is 18.4 Å². The Morgan fingerprint density at radius 2 is 1.75 bits per heavy atom. The van der Waals surface area contributed by atoms with E-state index < -0.39 is 11.4 Å². The van der Waals surface area contributed by atoms with Crippen LogP contribution in [0, 0.1) is 5.41 Å². The van der Waals surface area contributed by atoms with Crippen LogP contribution in [0.3, 0.4) is 0 Å². The largest absolute Gasteiger partial charge is 0.481 e. The fraction of sp³-hybridized carbons (Fsp3) is 0.500. The van der Waals surface area contributed by atoms with Crippen molar-refractivity contribution in [3.8, 4) is 0 Å². The van der Waals surface area contributed by atoms with Gasteiger partial charge in [-0.15, -0.1) is 0 Å². The molecule has 2 N–H and O–H groups in total. The van der Waals surface area contributed by atoms with Gasteiger partial charge in [0, 0.05) is 12.1 Å². The van der Waals surface area contributed by atoms with Crippen molar-refractivity contribution in [2.75, 3.05) is 6.54 Å². The number of aryl methyl sites for hydroxylation is 1. The Labute approximate surface area is 120 Å². The van der Waals surface area contributed by atoms with E-state index in [1.807, 2.05) is 39.0 Å². The lowest BCUT2D eigenvalue weighted by molar-refractivity contribution is -0.149. The molecule has 0 aliphatic heterocycles. The molecule has 0 radical (unpaired) electrons. The summed E-state index contributed by atoms with van der Waals surface area (Å²) in [5.41, 5.74) is 0.719. The van der Waals surface area contributed by atoms with E-state index in [9.17, 15) is 14.7 Å². The molecule has 0 heterocycles. The first-order chi connectivity index (χ1) is 9.50. The summed E-state index contributed by atoms with van der Waals surface area (Å²) in [6.45, 7) is 5.82. The van der Waals surface area contributed by atoms with Crippen molar-refractivity contribution >= 4 is 11.9 Å². The number of aliphatic carboxylic acids is 1. The summed E-state index contributed by atoms with van der Waals surface area (Å²) < 4.78 is 0. The molecule has 0 aromatic heterocycles. The van der Waals surface area contributed by atoms with Gasteiger partial charge in [0.2, 0.25) is 0 Å². The van der Waals surface area contributed by atoms with Gasteiger partial charge in [0.05, 0.1) is 5.41 Å². The molecule has 1 amide bonds. The second-order valence-corrected chi connectivity index (χ2v) is 4.99. The fourth-order valence-corrected chi connectivity index (χ4v) is 2.27. The zero-order chi connectivity index (χ0) is 15.2. The molecule has 110 valence electrons. The minimum Gasteiger partial charge on any atom is -0.481 e. The smallest absolute Gasteiger partial charge is 0.311 e. The third-order valence-electron chi connectivity index (χ3n) is 4.04. The average Bonchev–Trinajstić information content (AvgIpc) is 2.48. The molecule has 0 aliphatic carbocycles. The van der Waals surface area contributed by atoms with E-state index in [4.69, 9.17) is 0 Å². The highest BCUT2D eigenvalue weighted by Crippen LogP contribution is 2.25. The lowest BCUT2D eigenvalue weighted by Crippen LogP contribution is -2.42. The number of amides is 1. The maximum atomic E-state index is 12.2. The fourth-order valence-electron chi connectivity index (χ4n) is 2.27. The summed E-state index contributed by atoms with van der Waals surface area (Å²) in [5, 5.41) is 12.1. The number of hydrogen-bond donors (Lipinski definition) is 2. The van der Waals surface area contributed by atoms with Gasteiger partial charge in [-0.25, -0.2) is 0 Å². The molecule has 0 aliphatic rings. The highest BCUT2D eigenvalue weighted by molar-refractivity contribution is 5.96. The van der Waals surface area contributed by atoms with E-state index in [2.05, 4.69) is 5.32 Å². The summed E-state index contributed by atoms with van der Waals surface area (Å²) in [6, 6.07) is 7.40. The Morgan fingerprint density at radius 1 is 1.15 bits per heavy atom. The third kappa shape index (κ3) is 3.38. The number of benzene rings is 1. The molecule has 0 bridgehead atoms. The van der Waals surface area contributed by atoms with Crippen LogP contribution in [0.5, 0.6) is 0 Å². The van der Waals surface area contributed by atoms with Crippen molar-refractivity contribution in [1.82, 2.24) is 5.32 Å². The summed E-state index contributed by atoms with van der Waals surface area (Å²) in [7, 11) is 0. The lowest BCUT2D eigenvalue weighted by Gasteiger charge is -2.27. The first-order valence-electron chi connectivity index (χ1n) is 7.10. The van der Waals surface area contributed by atoms with Gasteiger partial charge in [0.25, 0.3) is 5.91 Å². The second-order valence-electron chi connectivity index (χ2n) is 4.99. The number of carbonyl (C=O) groups excluding carboxylic acids is 1. The summed E-state index contributed by atoms with van der Waals surface area (Å²) >= 11 is 0. The van der Waals surface area contributed by atoms with Crippen LogP contribution >= 0.6 is 0 Å². The van der Waals surface area contributed by atoms with Gasteiger partial charge in [-0.3, -0.25) is 9.59 Å². The molecule has 0 fully saturated rings. The van der Waals surface area contributed by atoms with Gasteiger partial charge in [-0.2, -0.15) is 0 Å². The van der Waals surface area contributed by atoms with Crippen molar-refractivity contribution in [2.24, 2.45) is 5.41 Å². The van der Waals surface area contributed by atoms with Crippen LogP contribution in [0.1, 0.15) is 49.5 Å². The molecular weight excluding hydrogens is 254 g/mol. The number of rotatable bonds is 7. The Kier molecular flexibility index (Phi) is 5.74. The van der Waals surface area contributed by atoms with E-state index in [-0.39, 0.29) is 12.5 Å². The zero-order valence-corrected chi connectivity index (χ0v) is 12.4. The van der Waals surface area contributed by atoms with Crippen LogP contribution in [0.15, 0.2) is 24.3 Å². The molecule has 1 aromatic rings. The predicted molar refractivity (Wildman–Crippen MR) is 78.8 cm³/mol. The minimum absolute atomic E-state index is 0.159. The average molecular weight is 277 g/mol. The summed E-state index contributed by atoms with van der Waals surface area (Å²) in [6.07, 6.45) is 1.76. The molecule has 0 unspecified atom stereocenters. The lowest BCUT2D eigenvalue weighted by atomic mass is 9.82. The molecular formula is C16H23NO3. The van der Waals surface area contributed by atoms with Gasteiger partial charge in [0.15, 0.2) is 0 Å². The highest BCUT2D eigenvalue weighted by atomic mass is 16.4. The van der Waals surface area contributed by atoms with Crippen LogP contribution in [-0.2, 0) is 11.2 Å². The van der Waals surface area contributed by atoms with Gasteiger partial charge in [0.1, 0.15) is 0 Å². The van der Waals surface area contributed by atoms with Crippen molar-refractivity contribution in [3.05, 3.63) is 35.4 Å². The first kappa shape index (κ1) is 16.2. The van der Waals surface area contributed by atoms with Crippen molar-refractivity contribution in [3.63, 3.8) is 0 Å². The monoisotopic (exact) mass is 277 g/mol. The van der Waals surface area contributed by atoms with Gasteiger partial charge in [-0.1, -0.05) is 39.0 Å². The zero-order valence-electron chi connectivity index (χ0n) is 12.4. The van der Waals surface area contributed by atoms with Crippen LogP contribution in [0.4, 0.5) is 0 Å². The normalized spacial score (nSPS) is 11.2. The van der Waals surface area contributed by atoms with Crippen LogP contribution < -0.4 is 5.32 Å². The molecule has 0 saturated heterocycles. The third-order valence-corrected chi connectivity index (χ3v) is 4.04. The number of nitrogens with one attached hydrogen (secondary N) is 1. The summed E-state index contributed by atoms with van der Waals surface area (Å²) in [5.74, 6) is -1.05. The maximum Gasteiger partial charge on any atom is 0.311 e. The molecule has 0 spiro atoms. The van der Waals surface area contributed by atoms with Crippen molar-refractivity contribution in [2.45, 2.75) is 40.0 Å². The SMILES string of the molecule is CCc1ccccc1C(=O)NCC(CC)(CC)C(=O)O. The Morgan fingerprint density at radius 3 is 2.25 bits per heavy atom. The Bertz CT molecular complexity index is 478.